The number of ketones is 1. The first-order valence-electron chi connectivity index (χ1n) is 10.6. The number of aromatic nitrogens is 3. The van der Waals surface area contributed by atoms with Crippen LogP contribution in [0.5, 0.6) is 0 Å². The highest BCUT2D eigenvalue weighted by Crippen LogP contribution is 2.35. The summed E-state index contributed by atoms with van der Waals surface area (Å²) in [7, 11) is 0. The van der Waals surface area contributed by atoms with Crippen LogP contribution in [-0.4, -0.2) is 39.5 Å². The second-order valence-electron chi connectivity index (χ2n) is 7.84. The molecule has 168 valence electrons. The van der Waals surface area contributed by atoms with Crippen LogP contribution in [0, 0.1) is 0 Å². The van der Waals surface area contributed by atoms with Crippen molar-refractivity contribution in [1.29, 1.82) is 0 Å². The molecular formula is C23H21N5O4S. The third kappa shape index (κ3) is 4.17. The Hall–Kier alpha value is -3.79. The first kappa shape index (κ1) is 21.1. The fourth-order valence-corrected chi connectivity index (χ4v) is 4.92. The van der Waals surface area contributed by atoms with E-state index in [1.54, 1.807) is 36.4 Å². The van der Waals surface area contributed by atoms with E-state index in [2.05, 4.69) is 20.3 Å². The highest BCUT2D eigenvalue weighted by atomic mass is 32.1. The van der Waals surface area contributed by atoms with Gasteiger partial charge in [-0.15, -0.1) is 0 Å². The summed E-state index contributed by atoms with van der Waals surface area (Å²) in [5.74, 6) is -0.0418. The van der Waals surface area contributed by atoms with E-state index in [0.717, 1.165) is 35.7 Å². The largest absolute Gasteiger partial charge is 0.463 e. The predicted octanol–water partition coefficient (Wildman–Crippen LogP) is 3.55. The van der Waals surface area contributed by atoms with Gasteiger partial charge in [0.05, 0.1) is 11.0 Å². The Morgan fingerprint density at radius 3 is 2.73 bits per heavy atom. The van der Waals surface area contributed by atoms with Gasteiger partial charge in [-0.05, 0) is 44.0 Å². The molecule has 1 aliphatic heterocycles. The number of carbonyl (C=O) groups excluding carboxylic acids is 2. The van der Waals surface area contributed by atoms with E-state index in [-0.39, 0.29) is 17.8 Å². The minimum absolute atomic E-state index is 0.102. The van der Waals surface area contributed by atoms with Crippen molar-refractivity contribution < 1.29 is 14.0 Å². The normalized spacial score (nSPS) is 13.5. The number of amides is 1. The van der Waals surface area contributed by atoms with Crippen LogP contribution in [0.3, 0.4) is 0 Å². The molecular weight excluding hydrogens is 442 g/mol. The molecule has 0 radical (unpaired) electrons. The molecule has 4 aromatic rings. The van der Waals surface area contributed by atoms with Crippen molar-refractivity contribution in [3.8, 4) is 11.5 Å². The van der Waals surface area contributed by atoms with Crippen molar-refractivity contribution in [2.75, 3.05) is 23.3 Å². The van der Waals surface area contributed by atoms with Crippen LogP contribution < -0.4 is 15.8 Å². The number of thiazole rings is 1. The number of rotatable bonds is 6. The van der Waals surface area contributed by atoms with Crippen LogP contribution in [-0.2, 0) is 11.3 Å². The summed E-state index contributed by atoms with van der Waals surface area (Å²) < 4.78 is 7.30. The number of benzene rings is 1. The molecule has 9 nitrogen and oxygen atoms in total. The van der Waals surface area contributed by atoms with Crippen molar-refractivity contribution in [3.63, 3.8) is 0 Å². The molecule has 5 rings (SSSR count). The number of hydrogen-bond donors (Lipinski definition) is 1. The van der Waals surface area contributed by atoms with E-state index in [9.17, 15) is 14.4 Å². The summed E-state index contributed by atoms with van der Waals surface area (Å²) in [5, 5.41) is 7.96. The molecule has 1 aliphatic rings. The molecule has 1 N–H and O–H groups in total. The second-order valence-corrected chi connectivity index (χ2v) is 8.82. The predicted molar refractivity (Wildman–Crippen MR) is 126 cm³/mol. The van der Waals surface area contributed by atoms with E-state index in [1.807, 2.05) is 0 Å². The molecule has 0 saturated carbocycles. The number of Topliss-reactive ketones (excluding diaryl/α,β-unsaturated/α-hetero) is 1. The topological polar surface area (TPSA) is 110 Å². The summed E-state index contributed by atoms with van der Waals surface area (Å²) in [6.45, 7) is 2.96. The van der Waals surface area contributed by atoms with Gasteiger partial charge in [0.2, 0.25) is 5.91 Å². The van der Waals surface area contributed by atoms with Crippen molar-refractivity contribution >= 4 is 44.1 Å². The van der Waals surface area contributed by atoms with Crippen molar-refractivity contribution in [2.24, 2.45) is 0 Å². The zero-order chi connectivity index (χ0) is 22.9. The Morgan fingerprint density at radius 1 is 1.18 bits per heavy atom. The van der Waals surface area contributed by atoms with Gasteiger partial charge >= 0.3 is 0 Å². The minimum Gasteiger partial charge on any atom is -0.463 e. The molecule has 10 heteroatoms. The van der Waals surface area contributed by atoms with E-state index in [1.165, 1.54) is 24.5 Å². The third-order valence-electron chi connectivity index (χ3n) is 5.47. The number of nitrogens with zero attached hydrogens (tertiary/aromatic N) is 4. The monoisotopic (exact) mass is 463 g/mol. The Balaban J connectivity index is 1.50. The maximum absolute atomic E-state index is 13.2. The number of nitrogens with one attached hydrogen (secondary N) is 1. The Kier molecular flexibility index (Phi) is 5.51. The molecule has 0 spiro atoms. The standard InChI is InChI=1S/C23H21N5O4S/c1-14(29)15-6-4-7-16(12-15)24-18(30)13-28-22(31)20-21(19(26-28)17-8-5-11-32-17)33-23(25-20)27-9-2-3-10-27/h4-8,11-12H,2-3,9-10,13H2,1H3,(H,24,30). The highest BCUT2D eigenvalue weighted by molar-refractivity contribution is 7.22. The smallest absolute Gasteiger partial charge is 0.294 e. The van der Waals surface area contributed by atoms with E-state index < -0.39 is 11.5 Å². The van der Waals surface area contributed by atoms with Crippen LogP contribution in [0.4, 0.5) is 10.8 Å². The van der Waals surface area contributed by atoms with Crippen molar-refractivity contribution in [1.82, 2.24) is 14.8 Å². The molecule has 1 amide bonds. The van der Waals surface area contributed by atoms with Gasteiger partial charge in [0.15, 0.2) is 22.2 Å². The fraction of sp³-hybridized carbons (Fsp3) is 0.261. The lowest BCUT2D eigenvalue weighted by molar-refractivity contribution is -0.117. The third-order valence-corrected chi connectivity index (χ3v) is 6.59. The van der Waals surface area contributed by atoms with E-state index >= 15 is 0 Å². The zero-order valence-electron chi connectivity index (χ0n) is 17.9. The van der Waals surface area contributed by atoms with E-state index in [4.69, 9.17) is 4.42 Å². The molecule has 0 atom stereocenters. The number of fused-ring (bicyclic) bond motifs is 1. The molecule has 33 heavy (non-hydrogen) atoms. The Morgan fingerprint density at radius 2 is 2.00 bits per heavy atom. The van der Waals surface area contributed by atoms with Crippen LogP contribution in [0.2, 0.25) is 0 Å². The second kappa shape index (κ2) is 8.62. The Labute approximate surface area is 192 Å². The Bertz CT molecular complexity index is 1400. The summed E-state index contributed by atoms with van der Waals surface area (Å²) in [6.07, 6.45) is 3.72. The maximum Gasteiger partial charge on any atom is 0.294 e. The maximum atomic E-state index is 13.2. The first-order chi connectivity index (χ1) is 16.0. The lowest BCUT2D eigenvalue weighted by Gasteiger charge is -2.11. The zero-order valence-corrected chi connectivity index (χ0v) is 18.7. The van der Waals surface area contributed by atoms with Gasteiger partial charge in [-0.2, -0.15) is 5.10 Å². The van der Waals surface area contributed by atoms with Gasteiger partial charge in [-0.25, -0.2) is 9.67 Å². The molecule has 4 heterocycles. The molecule has 0 aliphatic carbocycles. The van der Waals surface area contributed by atoms with Crippen LogP contribution in [0.25, 0.3) is 21.7 Å². The lowest BCUT2D eigenvalue weighted by Crippen LogP contribution is -2.30. The van der Waals surface area contributed by atoms with Crippen molar-refractivity contribution in [2.45, 2.75) is 26.3 Å². The highest BCUT2D eigenvalue weighted by Gasteiger charge is 2.23. The number of anilines is 2. The van der Waals surface area contributed by atoms with Gasteiger partial charge < -0.3 is 14.6 Å². The molecule has 0 unspecified atom stereocenters. The number of carbonyl (C=O) groups is 2. The average Bonchev–Trinajstić information content (AvgIpc) is 3.57. The van der Waals surface area contributed by atoms with Gasteiger partial charge in [0, 0.05) is 24.3 Å². The van der Waals surface area contributed by atoms with Crippen LogP contribution >= 0.6 is 11.3 Å². The van der Waals surface area contributed by atoms with Gasteiger partial charge in [0.25, 0.3) is 5.56 Å². The van der Waals surface area contributed by atoms with E-state index in [0.29, 0.717) is 27.4 Å². The quantitative estimate of drug-likeness (QED) is 0.435. The fourth-order valence-electron chi connectivity index (χ4n) is 3.83. The summed E-state index contributed by atoms with van der Waals surface area (Å²) in [4.78, 5) is 44.3. The average molecular weight is 464 g/mol. The molecule has 3 aromatic heterocycles. The first-order valence-corrected chi connectivity index (χ1v) is 11.4. The number of furan rings is 1. The molecule has 1 aromatic carbocycles. The van der Waals surface area contributed by atoms with Crippen LogP contribution in [0.15, 0.2) is 51.9 Å². The summed E-state index contributed by atoms with van der Waals surface area (Å²) in [6, 6.07) is 10.1. The van der Waals surface area contributed by atoms with Crippen LogP contribution in [0.1, 0.15) is 30.1 Å². The van der Waals surface area contributed by atoms with Gasteiger partial charge in [-0.1, -0.05) is 23.5 Å². The molecule has 1 fully saturated rings. The number of hydrogen-bond acceptors (Lipinski definition) is 8. The van der Waals surface area contributed by atoms with Gasteiger partial charge in [0.1, 0.15) is 12.2 Å². The molecule has 1 saturated heterocycles. The SMILES string of the molecule is CC(=O)c1cccc(NC(=O)Cn2nc(-c3ccco3)c3sc(N4CCCC4)nc3c2=O)c1. The molecule has 0 bridgehead atoms. The summed E-state index contributed by atoms with van der Waals surface area (Å²) in [5.41, 5.74) is 1.27. The lowest BCUT2D eigenvalue weighted by atomic mass is 10.1. The summed E-state index contributed by atoms with van der Waals surface area (Å²) >= 11 is 1.41. The van der Waals surface area contributed by atoms with Crippen molar-refractivity contribution in [3.05, 3.63) is 58.6 Å². The van der Waals surface area contributed by atoms with Gasteiger partial charge in [-0.3, -0.25) is 14.4 Å². The minimum atomic E-state index is -0.440.